The third-order valence-corrected chi connectivity index (χ3v) is 5.48. The van der Waals surface area contributed by atoms with Gasteiger partial charge in [-0.25, -0.2) is 0 Å². The van der Waals surface area contributed by atoms with Crippen molar-refractivity contribution in [1.82, 2.24) is 15.5 Å². The zero-order valence-electron chi connectivity index (χ0n) is 14.6. The van der Waals surface area contributed by atoms with Gasteiger partial charge in [0.15, 0.2) is 0 Å². The molecule has 0 aliphatic carbocycles. The summed E-state index contributed by atoms with van der Waals surface area (Å²) in [6.45, 7) is 2.75. The minimum Gasteiger partial charge on any atom is -0.355 e. The maximum absolute atomic E-state index is 11.9. The SMILES string of the molecule is Cc1ccc(CSCCNC(=O)CCc2nc(-c3ccsc3)no2)cc1. The van der Waals surface area contributed by atoms with Crippen LogP contribution in [-0.2, 0) is 17.0 Å². The summed E-state index contributed by atoms with van der Waals surface area (Å²) in [5, 5.41) is 10.8. The first-order valence-electron chi connectivity index (χ1n) is 8.46. The zero-order chi connectivity index (χ0) is 18.2. The average Bonchev–Trinajstić information content (AvgIpc) is 3.33. The molecule has 0 bridgehead atoms. The fourth-order valence-electron chi connectivity index (χ4n) is 2.31. The predicted molar refractivity (Wildman–Crippen MR) is 106 cm³/mol. The van der Waals surface area contributed by atoms with Crippen molar-refractivity contribution in [3.63, 3.8) is 0 Å². The molecule has 2 heterocycles. The van der Waals surface area contributed by atoms with Crippen molar-refractivity contribution < 1.29 is 9.32 Å². The van der Waals surface area contributed by atoms with Crippen molar-refractivity contribution in [1.29, 1.82) is 0 Å². The van der Waals surface area contributed by atoms with Gasteiger partial charge in [-0.2, -0.15) is 28.1 Å². The van der Waals surface area contributed by atoms with Gasteiger partial charge in [-0.3, -0.25) is 4.79 Å². The minimum absolute atomic E-state index is 0.0104. The predicted octanol–water partition coefficient (Wildman–Crippen LogP) is 4.09. The Bertz CT molecular complexity index is 814. The van der Waals surface area contributed by atoms with Gasteiger partial charge in [0.1, 0.15) is 0 Å². The molecule has 0 aliphatic rings. The lowest BCUT2D eigenvalue weighted by atomic mass is 10.2. The smallest absolute Gasteiger partial charge is 0.227 e. The number of aromatic nitrogens is 2. The number of carbonyl (C=O) groups is 1. The van der Waals surface area contributed by atoms with Crippen molar-refractivity contribution in [3.8, 4) is 11.4 Å². The zero-order valence-corrected chi connectivity index (χ0v) is 16.2. The number of rotatable bonds is 9. The molecule has 7 heteroatoms. The van der Waals surface area contributed by atoms with E-state index in [4.69, 9.17) is 4.52 Å². The van der Waals surface area contributed by atoms with Crippen LogP contribution in [0, 0.1) is 6.92 Å². The second-order valence-electron chi connectivity index (χ2n) is 5.91. The molecule has 2 aromatic heterocycles. The lowest BCUT2D eigenvalue weighted by Crippen LogP contribution is -2.25. The van der Waals surface area contributed by atoms with Crippen LogP contribution >= 0.6 is 23.1 Å². The largest absolute Gasteiger partial charge is 0.355 e. The molecule has 26 heavy (non-hydrogen) atoms. The van der Waals surface area contributed by atoms with Crippen LogP contribution in [0.5, 0.6) is 0 Å². The Morgan fingerprint density at radius 3 is 2.88 bits per heavy atom. The van der Waals surface area contributed by atoms with Gasteiger partial charge in [0.2, 0.25) is 17.6 Å². The molecule has 0 saturated heterocycles. The number of thioether (sulfide) groups is 1. The highest BCUT2D eigenvalue weighted by molar-refractivity contribution is 7.98. The molecular formula is C19H21N3O2S2. The maximum Gasteiger partial charge on any atom is 0.227 e. The quantitative estimate of drug-likeness (QED) is 0.560. The van der Waals surface area contributed by atoms with Crippen LogP contribution in [0.25, 0.3) is 11.4 Å². The Morgan fingerprint density at radius 2 is 2.12 bits per heavy atom. The van der Waals surface area contributed by atoms with Crippen LogP contribution in [-0.4, -0.2) is 28.3 Å². The van der Waals surface area contributed by atoms with E-state index in [1.54, 1.807) is 11.3 Å². The van der Waals surface area contributed by atoms with E-state index in [9.17, 15) is 4.79 Å². The van der Waals surface area contributed by atoms with E-state index in [2.05, 4.69) is 46.6 Å². The second kappa shape index (κ2) is 9.54. The summed E-state index contributed by atoms with van der Waals surface area (Å²) >= 11 is 3.40. The number of hydrogen-bond donors (Lipinski definition) is 1. The van der Waals surface area contributed by atoms with Crippen molar-refractivity contribution in [3.05, 3.63) is 58.1 Å². The number of benzene rings is 1. The lowest BCUT2D eigenvalue weighted by molar-refractivity contribution is -0.121. The first kappa shape index (κ1) is 18.7. The fraction of sp³-hybridized carbons (Fsp3) is 0.316. The van der Waals surface area contributed by atoms with Crippen LogP contribution in [0.1, 0.15) is 23.4 Å². The monoisotopic (exact) mass is 387 g/mol. The van der Waals surface area contributed by atoms with E-state index in [0.29, 0.717) is 31.1 Å². The summed E-state index contributed by atoms with van der Waals surface area (Å²) in [7, 11) is 0. The summed E-state index contributed by atoms with van der Waals surface area (Å²) < 4.78 is 5.20. The highest BCUT2D eigenvalue weighted by Gasteiger charge is 2.10. The van der Waals surface area contributed by atoms with Crippen LogP contribution in [0.3, 0.4) is 0 Å². The maximum atomic E-state index is 11.9. The molecule has 1 aromatic carbocycles. The molecule has 3 aromatic rings. The van der Waals surface area contributed by atoms with E-state index >= 15 is 0 Å². The van der Waals surface area contributed by atoms with E-state index < -0.39 is 0 Å². The highest BCUT2D eigenvalue weighted by atomic mass is 32.2. The topological polar surface area (TPSA) is 68.0 Å². The average molecular weight is 388 g/mol. The number of nitrogens with one attached hydrogen (secondary N) is 1. The number of thiophene rings is 1. The molecule has 0 atom stereocenters. The molecule has 1 amide bonds. The van der Waals surface area contributed by atoms with E-state index in [1.807, 2.05) is 28.6 Å². The lowest BCUT2D eigenvalue weighted by Gasteiger charge is -2.05. The molecule has 5 nitrogen and oxygen atoms in total. The van der Waals surface area contributed by atoms with Crippen molar-refractivity contribution in [2.24, 2.45) is 0 Å². The second-order valence-corrected chi connectivity index (χ2v) is 7.80. The number of carbonyl (C=O) groups excluding carboxylic acids is 1. The standard InChI is InChI=1S/C19H21N3O2S2/c1-14-2-4-15(5-3-14)12-26-11-9-20-17(23)6-7-18-21-19(22-24-18)16-8-10-25-13-16/h2-5,8,10,13H,6-7,9,11-12H2,1H3,(H,20,23). The minimum atomic E-state index is 0.0104. The molecule has 3 rings (SSSR count). The van der Waals surface area contributed by atoms with Crippen LogP contribution < -0.4 is 5.32 Å². The molecule has 1 N–H and O–H groups in total. The third-order valence-electron chi connectivity index (χ3n) is 3.77. The number of aryl methyl sites for hydroxylation is 2. The number of nitrogens with zero attached hydrogens (tertiary/aromatic N) is 2. The molecule has 136 valence electrons. The van der Waals surface area contributed by atoms with Gasteiger partial charge < -0.3 is 9.84 Å². The van der Waals surface area contributed by atoms with E-state index in [0.717, 1.165) is 17.1 Å². The first-order chi connectivity index (χ1) is 12.7. The third kappa shape index (κ3) is 5.71. The fourth-order valence-corrected chi connectivity index (χ4v) is 3.76. The normalized spacial score (nSPS) is 10.8. The highest BCUT2D eigenvalue weighted by Crippen LogP contribution is 2.19. The van der Waals surface area contributed by atoms with E-state index in [1.165, 1.54) is 11.1 Å². The summed E-state index contributed by atoms with van der Waals surface area (Å²) in [4.78, 5) is 16.2. The van der Waals surface area contributed by atoms with E-state index in [-0.39, 0.29) is 5.91 Å². The van der Waals surface area contributed by atoms with Crippen LogP contribution in [0.2, 0.25) is 0 Å². The number of hydrogen-bond acceptors (Lipinski definition) is 6. The molecule has 0 radical (unpaired) electrons. The summed E-state index contributed by atoms with van der Waals surface area (Å²) in [6, 6.07) is 10.5. The molecule has 0 unspecified atom stereocenters. The Hall–Kier alpha value is -2.12. The summed E-state index contributed by atoms with van der Waals surface area (Å²) in [5.41, 5.74) is 3.53. The summed E-state index contributed by atoms with van der Waals surface area (Å²) in [5.74, 6) is 2.94. The molecule has 0 fully saturated rings. The summed E-state index contributed by atoms with van der Waals surface area (Å²) in [6.07, 6.45) is 0.813. The van der Waals surface area contributed by atoms with Crippen LogP contribution in [0.15, 0.2) is 45.6 Å². The van der Waals surface area contributed by atoms with Gasteiger partial charge in [0.05, 0.1) is 0 Å². The Balaban J connectivity index is 1.30. The van der Waals surface area contributed by atoms with Crippen LogP contribution in [0.4, 0.5) is 0 Å². The van der Waals surface area contributed by atoms with Gasteiger partial charge in [-0.15, -0.1) is 0 Å². The van der Waals surface area contributed by atoms with Crippen molar-refractivity contribution in [2.45, 2.75) is 25.5 Å². The van der Waals surface area contributed by atoms with Gasteiger partial charge in [0, 0.05) is 41.8 Å². The number of amides is 1. The Kier molecular flexibility index (Phi) is 6.85. The first-order valence-corrected chi connectivity index (χ1v) is 10.6. The Labute approximate surface area is 161 Å². The molecule has 0 spiro atoms. The molecule has 0 aliphatic heterocycles. The van der Waals surface area contributed by atoms with Gasteiger partial charge in [-0.05, 0) is 23.9 Å². The van der Waals surface area contributed by atoms with Crippen molar-refractivity contribution >= 4 is 29.0 Å². The van der Waals surface area contributed by atoms with Crippen molar-refractivity contribution in [2.75, 3.05) is 12.3 Å². The van der Waals surface area contributed by atoms with Gasteiger partial charge in [-0.1, -0.05) is 35.0 Å². The van der Waals surface area contributed by atoms with Gasteiger partial charge >= 0.3 is 0 Å². The molecule has 0 saturated carbocycles. The van der Waals surface area contributed by atoms with Gasteiger partial charge in [0.25, 0.3) is 0 Å². The Morgan fingerprint density at radius 1 is 1.27 bits per heavy atom. The molecular weight excluding hydrogens is 366 g/mol.